The van der Waals surface area contributed by atoms with Gasteiger partial charge in [0.05, 0.1) is 12.3 Å². The minimum Gasteiger partial charge on any atom is -0.395 e. The second-order valence-corrected chi connectivity index (χ2v) is 3.98. The Kier molecular flexibility index (Phi) is 5.28. The maximum atomic E-state index is 14.0. The number of hydrogen-bond acceptors (Lipinski definition) is 4. The number of hydrogen-bond donors (Lipinski definition) is 1. The summed E-state index contributed by atoms with van der Waals surface area (Å²) in [6, 6.07) is 0.186. The second kappa shape index (κ2) is 6.49. The zero-order chi connectivity index (χ0) is 12.8. The van der Waals surface area contributed by atoms with Gasteiger partial charge < -0.3 is 10.0 Å². The van der Waals surface area contributed by atoms with Gasteiger partial charge in [-0.25, -0.2) is 14.4 Å². The smallest absolute Gasteiger partial charge is 0.186 e. The summed E-state index contributed by atoms with van der Waals surface area (Å²) >= 11 is 0. The largest absolute Gasteiger partial charge is 0.395 e. The third-order valence-corrected chi connectivity index (χ3v) is 2.94. The van der Waals surface area contributed by atoms with Crippen molar-refractivity contribution in [2.75, 3.05) is 18.1 Å². The number of halogens is 1. The number of aromatic nitrogens is 2. The standard InChI is InChI=1S/C12H20FN3O/c1-4-10(5-2)16(6-7-17)12-11(13)9(3)14-8-15-12/h8,10,17H,4-7H2,1-3H3. The van der Waals surface area contributed by atoms with Gasteiger partial charge in [0.1, 0.15) is 6.33 Å². The predicted octanol–water partition coefficient (Wildman–Crippen LogP) is 1.91. The first-order valence-electron chi connectivity index (χ1n) is 6.00. The van der Waals surface area contributed by atoms with Crippen molar-refractivity contribution in [1.82, 2.24) is 9.97 Å². The SMILES string of the molecule is CCC(CC)N(CCO)c1ncnc(C)c1F. The zero-order valence-electron chi connectivity index (χ0n) is 10.6. The van der Waals surface area contributed by atoms with Gasteiger partial charge in [0.25, 0.3) is 0 Å². The summed E-state index contributed by atoms with van der Waals surface area (Å²) < 4.78 is 14.0. The van der Waals surface area contributed by atoms with Gasteiger partial charge in [-0.2, -0.15) is 0 Å². The summed E-state index contributed by atoms with van der Waals surface area (Å²) in [5.74, 6) is -0.104. The van der Waals surface area contributed by atoms with Gasteiger partial charge >= 0.3 is 0 Å². The van der Waals surface area contributed by atoms with Crippen LogP contribution in [0.3, 0.4) is 0 Å². The van der Waals surface area contributed by atoms with E-state index in [1.54, 1.807) is 6.92 Å². The Morgan fingerprint density at radius 2 is 2.00 bits per heavy atom. The molecule has 0 saturated carbocycles. The summed E-state index contributed by atoms with van der Waals surface area (Å²) in [4.78, 5) is 9.64. The lowest BCUT2D eigenvalue weighted by atomic mass is 10.1. The minimum absolute atomic E-state index is 0.0149. The summed E-state index contributed by atoms with van der Waals surface area (Å²) in [7, 11) is 0. The van der Waals surface area contributed by atoms with E-state index in [1.165, 1.54) is 6.33 Å². The van der Waals surface area contributed by atoms with Crippen LogP contribution in [-0.4, -0.2) is 34.3 Å². The van der Waals surface area contributed by atoms with Crippen LogP contribution in [0.1, 0.15) is 32.4 Å². The van der Waals surface area contributed by atoms with E-state index < -0.39 is 5.82 Å². The van der Waals surface area contributed by atoms with Crippen LogP contribution < -0.4 is 4.90 Å². The molecule has 4 nitrogen and oxygen atoms in total. The number of aliphatic hydroxyl groups is 1. The summed E-state index contributed by atoms with van der Waals surface area (Å²) in [5, 5.41) is 9.09. The van der Waals surface area contributed by atoms with Gasteiger partial charge in [0, 0.05) is 12.6 Å². The van der Waals surface area contributed by atoms with E-state index in [0.29, 0.717) is 18.1 Å². The van der Waals surface area contributed by atoms with E-state index in [-0.39, 0.29) is 12.6 Å². The highest BCUT2D eigenvalue weighted by atomic mass is 19.1. The first kappa shape index (κ1) is 13.8. The lowest BCUT2D eigenvalue weighted by Crippen LogP contribution is -2.38. The molecular weight excluding hydrogens is 221 g/mol. The van der Waals surface area contributed by atoms with Crippen LogP contribution >= 0.6 is 0 Å². The lowest BCUT2D eigenvalue weighted by molar-refractivity contribution is 0.294. The monoisotopic (exact) mass is 241 g/mol. The van der Waals surface area contributed by atoms with E-state index in [2.05, 4.69) is 9.97 Å². The average molecular weight is 241 g/mol. The van der Waals surface area contributed by atoms with Crippen LogP contribution in [0, 0.1) is 12.7 Å². The Labute approximate surface area is 102 Å². The van der Waals surface area contributed by atoms with Gasteiger partial charge in [-0.1, -0.05) is 13.8 Å². The van der Waals surface area contributed by atoms with Crippen molar-refractivity contribution in [1.29, 1.82) is 0 Å². The topological polar surface area (TPSA) is 49.2 Å². The molecule has 1 aromatic rings. The van der Waals surface area contributed by atoms with Crippen molar-refractivity contribution >= 4 is 5.82 Å². The van der Waals surface area contributed by atoms with E-state index in [1.807, 2.05) is 18.7 Å². The second-order valence-electron chi connectivity index (χ2n) is 3.98. The van der Waals surface area contributed by atoms with E-state index in [9.17, 15) is 4.39 Å². The molecule has 0 aliphatic rings. The maximum absolute atomic E-state index is 14.0. The predicted molar refractivity (Wildman–Crippen MR) is 65.5 cm³/mol. The molecular formula is C12H20FN3O. The molecule has 0 saturated heterocycles. The van der Waals surface area contributed by atoms with Crippen molar-refractivity contribution in [3.63, 3.8) is 0 Å². The molecule has 0 amide bonds. The zero-order valence-corrected chi connectivity index (χ0v) is 10.6. The Morgan fingerprint density at radius 3 is 2.53 bits per heavy atom. The molecule has 0 fully saturated rings. The van der Waals surface area contributed by atoms with Crippen molar-refractivity contribution in [3.05, 3.63) is 17.8 Å². The Hall–Kier alpha value is -1.23. The van der Waals surface area contributed by atoms with Crippen LogP contribution in [0.5, 0.6) is 0 Å². The van der Waals surface area contributed by atoms with Gasteiger partial charge in [-0.3, -0.25) is 0 Å². The van der Waals surface area contributed by atoms with Crippen molar-refractivity contribution < 1.29 is 9.50 Å². The lowest BCUT2D eigenvalue weighted by Gasteiger charge is -2.31. The normalized spacial score (nSPS) is 10.9. The molecule has 5 heteroatoms. The fraction of sp³-hybridized carbons (Fsp3) is 0.667. The van der Waals surface area contributed by atoms with Gasteiger partial charge in [-0.05, 0) is 19.8 Å². The van der Waals surface area contributed by atoms with Crippen LogP contribution in [0.4, 0.5) is 10.2 Å². The Morgan fingerprint density at radius 1 is 1.35 bits per heavy atom. The highest BCUT2D eigenvalue weighted by molar-refractivity contribution is 5.42. The fourth-order valence-electron chi connectivity index (χ4n) is 1.94. The van der Waals surface area contributed by atoms with Gasteiger partial charge in [0.15, 0.2) is 11.6 Å². The molecule has 96 valence electrons. The number of nitrogens with zero attached hydrogens (tertiary/aromatic N) is 3. The average Bonchev–Trinajstić information content (AvgIpc) is 2.33. The first-order valence-corrected chi connectivity index (χ1v) is 6.00. The molecule has 1 rings (SSSR count). The Balaban J connectivity index is 3.08. The molecule has 1 heterocycles. The molecule has 0 atom stereocenters. The molecule has 1 aromatic heterocycles. The van der Waals surface area contributed by atoms with Crippen molar-refractivity contribution in [2.45, 2.75) is 39.7 Å². The van der Waals surface area contributed by atoms with E-state index >= 15 is 0 Å². The van der Waals surface area contributed by atoms with Gasteiger partial charge in [-0.15, -0.1) is 0 Å². The highest BCUT2D eigenvalue weighted by Gasteiger charge is 2.21. The third-order valence-electron chi connectivity index (χ3n) is 2.94. The van der Waals surface area contributed by atoms with E-state index in [0.717, 1.165) is 12.8 Å². The number of anilines is 1. The number of rotatable bonds is 6. The molecule has 0 aliphatic heterocycles. The highest BCUT2D eigenvalue weighted by Crippen LogP contribution is 2.22. The number of aliphatic hydroxyl groups excluding tert-OH is 1. The van der Waals surface area contributed by atoms with E-state index in [4.69, 9.17) is 5.11 Å². The fourth-order valence-corrected chi connectivity index (χ4v) is 1.94. The molecule has 0 unspecified atom stereocenters. The van der Waals surface area contributed by atoms with Crippen LogP contribution in [0.15, 0.2) is 6.33 Å². The summed E-state index contributed by atoms with van der Waals surface area (Å²) in [6.45, 7) is 6.08. The minimum atomic E-state index is -0.396. The molecule has 0 spiro atoms. The molecule has 0 radical (unpaired) electrons. The van der Waals surface area contributed by atoms with Crippen LogP contribution in [0.2, 0.25) is 0 Å². The molecule has 0 aromatic carbocycles. The quantitative estimate of drug-likeness (QED) is 0.826. The summed E-state index contributed by atoms with van der Waals surface area (Å²) in [5.41, 5.74) is 0.337. The van der Waals surface area contributed by atoms with Gasteiger partial charge in [0.2, 0.25) is 0 Å². The molecule has 0 aliphatic carbocycles. The number of aryl methyl sites for hydroxylation is 1. The van der Waals surface area contributed by atoms with Crippen molar-refractivity contribution in [2.24, 2.45) is 0 Å². The summed E-state index contributed by atoms with van der Waals surface area (Å²) in [6.07, 6.45) is 3.14. The molecule has 1 N–H and O–H groups in total. The van der Waals surface area contributed by atoms with Crippen molar-refractivity contribution in [3.8, 4) is 0 Å². The third kappa shape index (κ3) is 3.12. The maximum Gasteiger partial charge on any atom is 0.186 e. The Bertz CT molecular complexity index is 356. The van der Waals surface area contributed by atoms with Crippen LogP contribution in [0.25, 0.3) is 0 Å². The van der Waals surface area contributed by atoms with Crippen LogP contribution in [-0.2, 0) is 0 Å². The first-order chi connectivity index (χ1) is 8.15. The molecule has 17 heavy (non-hydrogen) atoms. The molecule has 0 bridgehead atoms.